The van der Waals surface area contributed by atoms with E-state index in [-0.39, 0.29) is 5.92 Å². The van der Waals surface area contributed by atoms with Crippen molar-refractivity contribution in [3.63, 3.8) is 0 Å². The lowest BCUT2D eigenvalue weighted by Crippen LogP contribution is -2.17. The highest BCUT2D eigenvalue weighted by molar-refractivity contribution is 6.30. The maximum absolute atomic E-state index is 12.5. The van der Waals surface area contributed by atoms with Gasteiger partial charge in [0.15, 0.2) is 5.78 Å². The number of carbonyl (C=O) groups excluding carboxylic acids is 1. The Labute approximate surface area is 131 Å². The smallest absolute Gasteiger partial charge is 0.165 e. The molecular formula is C19H19ClO. The zero-order chi connectivity index (χ0) is 14.7. The molecule has 0 aliphatic heterocycles. The van der Waals surface area contributed by atoms with Gasteiger partial charge >= 0.3 is 0 Å². The summed E-state index contributed by atoms with van der Waals surface area (Å²) >= 11 is 5.91. The van der Waals surface area contributed by atoms with E-state index in [1.165, 1.54) is 19.3 Å². The van der Waals surface area contributed by atoms with Crippen molar-refractivity contribution in [1.82, 2.24) is 0 Å². The molecule has 1 saturated carbocycles. The molecule has 0 heterocycles. The highest BCUT2D eigenvalue weighted by Gasteiger charge is 2.22. The van der Waals surface area contributed by atoms with Crippen LogP contribution in [0.1, 0.15) is 42.5 Å². The summed E-state index contributed by atoms with van der Waals surface area (Å²) in [7, 11) is 0. The lowest BCUT2D eigenvalue weighted by Gasteiger charge is -2.20. The molecule has 21 heavy (non-hydrogen) atoms. The molecular weight excluding hydrogens is 280 g/mol. The fourth-order valence-corrected chi connectivity index (χ4v) is 3.20. The second-order valence-electron chi connectivity index (χ2n) is 5.78. The van der Waals surface area contributed by atoms with Gasteiger partial charge < -0.3 is 0 Å². The van der Waals surface area contributed by atoms with E-state index in [1.54, 1.807) is 0 Å². The van der Waals surface area contributed by atoms with E-state index in [4.69, 9.17) is 11.6 Å². The number of carbonyl (C=O) groups is 1. The molecule has 2 aromatic rings. The second kappa shape index (κ2) is 6.44. The van der Waals surface area contributed by atoms with E-state index in [0.717, 1.165) is 34.6 Å². The third kappa shape index (κ3) is 3.36. The molecule has 0 aromatic heterocycles. The number of hydrogen-bond donors (Lipinski definition) is 0. The summed E-state index contributed by atoms with van der Waals surface area (Å²) in [6.45, 7) is 0. The van der Waals surface area contributed by atoms with Gasteiger partial charge in [0.05, 0.1) is 0 Å². The first kappa shape index (κ1) is 14.3. The molecule has 0 unspecified atom stereocenters. The molecule has 0 N–H and O–H groups in total. The molecule has 0 amide bonds. The van der Waals surface area contributed by atoms with Gasteiger partial charge in [0.2, 0.25) is 0 Å². The van der Waals surface area contributed by atoms with Gasteiger partial charge in [-0.25, -0.2) is 0 Å². The van der Waals surface area contributed by atoms with Crippen LogP contribution in [0.3, 0.4) is 0 Å². The summed E-state index contributed by atoms with van der Waals surface area (Å²) in [5, 5.41) is 0.739. The van der Waals surface area contributed by atoms with Crippen LogP contribution in [0.25, 0.3) is 11.1 Å². The number of benzene rings is 2. The molecule has 0 bridgehead atoms. The number of rotatable bonds is 3. The molecule has 2 aromatic carbocycles. The van der Waals surface area contributed by atoms with Gasteiger partial charge in [-0.1, -0.05) is 67.3 Å². The van der Waals surface area contributed by atoms with Crippen LogP contribution in [-0.2, 0) is 0 Å². The summed E-state index contributed by atoms with van der Waals surface area (Å²) in [5.41, 5.74) is 3.09. The Bertz CT molecular complexity index is 607. The highest BCUT2D eigenvalue weighted by atomic mass is 35.5. The molecule has 1 aliphatic rings. The second-order valence-corrected chi connectivity index (χ2v) is 6.22. The topological polar surface area (TPSA) is 17.1 Å². The van der Waals surface area contributed by atoms with Crippen molar-refractivity contribution in [3.8, 4) is 11.1 Å². The van der Waals surface area contributed by atoms with E-state index in [9.17, 15) is 4.79 Å². The first-order valence-electron chi connectivity index (χ1n) is 7.64. The fraction of sp³-hybridized carbons (Fsp3) is 0.316. The minimum Gasteiger partial charge on any atom is -0.294 e. The van der Waals surface area contributed by atoms with Crippen LogP contribution >= 0.6 is 11.6 Å². The SMILES string of the molecule is O=C(c1ccc(-c2ccc(Cl)cc2)cc1)C1CCCCC1. The highest BCUT2D eigenvalue weighted by Crippen LogP contribution is 2.28. The summed E-state index contributed by atoms with van der Waals surface area (Å²) in [6, 6.07) is 15.7. The van der Waals surface area contributed by atoms with Gasteiger partial charge in [0.25, 0.3) is 0 Å². The molecule has 0 spiro atoms. The van der Waals surface area contributed by atoms with Gasteiger partial charge in [0, 0.05) is 16.5 Å². The van der Waals surface area contributed by atoms with Crippen LogP contribution in [0.15, 0.2) is 48.5 Å². The fourth-order valence-electron chi connectivity index (χ4n) is 3.07. The Morgan fingerprint density at radius 1 is 0.810 bits per heavy atom. The van der Waals surface area contributed by atoms with Crippen molar-refractivity contribution in [3.05, 3.63) is 59.1 Å². The number of halogens is 1. The van der Waals surface area contributed by atoms with E-state index in [0.29, 0.717) is 5.78 Å². The van der Waals surface area contributed by atoms with Crippen LogP contribution < -0.4 is 0 Å². The van der Waals surface area contributed by atoms with E-state index in [2.05, 4.69) is 0 Å². The van der Waals surface area contributed by atoms with Crippen LogP contribution in [0.4, 0.5) is 0 Å². The van der Waals surface area contributed by atoms with E-state index >= 15 is 0 Å². The molecule has 3 rings (SSSR count). The molecule has 1 nitrogen and oxygen atoms in total. The van der Waals surface area contributed by atoms with Crippen molar-refractivity contribution in [2.75, 3.05) is 0 Å². The van der Waals surface area contributed by atoms with Crippen molar-refractivity contribution >= 4 is 17.4 Å². The lowest BCUT2D eigenvalue weighted by atomic mass is 9.83. The van der Waals surface area contributed by atoms with E-state index < -0.39 is 0 Å². The Morgan fingerprint density at radius 2 is 1.33 bits per heavy atom. The average molecular weight is 299 g/mol. The van der Waals surface area contributed by atoms with Crippen LogP contribution in [0.5, 0.6) is 0 Å². The molecule has 0 atom stereocenters. The number of Topliss-reactive ketones (excluding diaryl/α,β-unsaturated/α-hetero) is 1. The molecule has 2 heteroatoms. The Kier molecular flexibility index (Phi) is 4.40. The summed E-state index contributed by atoms with van der Waals surface area (Å²) in [4.78, 5) is 12.5. The Balaban J connectivity index is 1.77. The quantitative estimate of drug-likeness (QED) is 0.657. The maximum Gasteiger partial charge on any atom is 0.165 e. The van der Waals surface area contributed by atoms with Crippen LogP contribution in [0.2, 0.25) is 5.02 Å². The predicted molar refractivity (Wildman–Crippen MR) is 87.8 cm³/mol. The van der Waals surface area contributed by atoms with Crippen molar-refractivity contribution in [2.24, 2.45) is 5.92 Å². The molecule has 108 valence electrons. The van der Waals surface area contributed by atoms with Gasteiger partial charge in [-0.2, -0.15) is 0 Å². The first-order chi connectivity index (χ1) is 10.2. The van der Waals surface area contributed by atoms with Gasteiger partial charge in [0.1, 0.15) is 0 Å². The van der Waals surface area contributed by atoms with Crippen LogP contribution in [-0.4, -0.2) is 5.78 Å². The maximum atomic E-state index is 12.5. The zero-order valence-corrected chi connectivity index (χ0v) is 12.8. The van der Waals surface area contributed by atoms with Crippen molar-refractivity contribution in [2.45, 2.75) is 32.1 Å². The Morgan fingerprint density at radius 3 is 1.90 bits per heavy atom. The molecule has 0 radical (unpaired) electrons. The summed E-state index contributed by atoms with van der Waals surface area (Å²) in [6.07, 6.45) is 5.77. The molecule has 0 saturated heterocycles. The van der Waals surface area contributed by atoms with E-state index in [1.807, 2.05) is 48.5 Å². The van der Waals surface area contributed by atoms with Gasteiger partial charge in [-0.15, -0.1) is 0 Å². The third-order valence-electron chi connectivity index (χ3n) is 4.32. The largest absolute Gasteiger partial charge is 0.294 e. The monoisotopic (exact) mass is 298 g/mol. The average Bonchev–Trinajstić information content (AvgIpc) is 2.56. The number of ketones is 1. The third-order valence-corrected chi connectivity index (χ3v) is 4.57. The Hall–Kier alpha value is -1.60. The summed E-state index contributed by atoms with van der Waals surface area (Å²) in [5.74, 6) is 0.553. The molecule has 1 fully saturated rings. The normalized spacial score (nSPS) is 15.9. The standard InChI is InChI=1S/C19H19ClO/c20-18-12-10-15(11-13-18)14-6-8-17(9-7-14)19(21)16-4-2-1-3-5-16/h6-13,16H,1-5H2. The van der Waals surface area contributed by atoms with Gasteiger partial charge in [-0.05, 0) is 36.1 Å². The van der Waals surface area contributed by atoms with Crippen molar-refractivity contribution in [1.29, 1.82) is 0 Å². The minimum atomic E-state index is 0.236. The molecule has 1 aliphatic carbocycles. The zero-order valence-electron chi connectivity index (χ0n) is 12.0. The van der Waals surface area contributed by atoms with Crippen LogP contribution in [0, 0.1) is 5.92 Å². The minimum absolute atomic E-state index is 0.236. The number of hydrogen-bond acceptors (Lipinski definition) is 1. The lowest BCUT2D eigenvalue weighted by molar-refractivity contribution is 0.0889. The predicted octanol–water partition coefficient (Wildman–Crippen LogP) is 5.77. The van der Waals surface area contributed by atoms with Crippen molar-refractivity contribution < 1.29 is 4.79 Å². The van der Waals surface area contributed by atoms with Gasteiger partial charge in [-0.3, -0.25) is 4.79 Å². The first-order valence-corrected chi connectivity index (χ1v) is 8.02. The summed E-state index contributed by atoms with van der Waals surface area (Å²) < 4.78 is 0.